The zero-order valence-corrected chi connectivity index (χ0v) is 10.3. The van der Waals surface area contributed by atoms with Gasteiger partial charge in [0.05, 0.1) is 5.37 Å². The van der Waals surface area contributed by atoms with Crippen LogP contribution in [0.2, 0.25) is 0 Å². The molecule has 2 atom stereocenters. The topological polar surface area (TPSA) is 57.6 Å². The highest BCUT2D eigenvalue weighted by molar-refractivity contribution is 8.00. The van der Waals surface area contributed by atoms with E-state index in [4.69, 9.17) is 5.11 Å². The molecule has 1 N–H and O–H groups in total. The van der Waals surface area contributed by atoms with Crippen LogP contribution in [0.15, 0.2) is 29.3 Å². The fourth-order valence-corrected chi connectivity index (χ4v) is 4.34. The molecule has 1 fully saturated rings. The van der Waals surface area contributed by atoms with Crippen LogP contribution in [0.1, 0.15) is 10.8 Å². The van der Waals surface area contributed by atoms with Gasteiger partial charge < -0.3 is 5.11 Å². The van der Waals surface area contributed by atoms with E-state index in [2.05, 4.69) is 0 Å². The number of carboxylic acid groups (broad SMARTS) is 1. The van der Waals surface area contributed by atoms with Crippen molar-refractivity contribution in [3.8, 4) is 0 Å². The fraction of sp³-hybridized carbons (Fsp3) is 0.273. The molecule has 0 aliphatic carbocycles. The summed E-state index contributed by atoms with van der Waals surface area (Å²) in [4.78, 5) is 25.5. The monoisotopic (exact) mass is 267 g/mol. The number of thioether (sulfide) groups is 1. The van der Waals surface area contributed by atoms with Crippen molar-refractivity contribution in [2.75, 3.05) is 5.75 Å². The van der Waals surface area contributed by atoms with E-state index in [0.29, 0.717) is 5.75 Å². The number of rotatable bonds is 2. The molecular formula is C11H9NO3S2. The maximum atomic E-state index is 12.0. The average Bonchev–Trinajstić information content (AvgIpc) is 2.80. The first kappa shape index (κ1) is 10.9. The van der Waals surface area contributed by atoms with Crippen molar-refractivity contribution in [1.82, 2.24) is 4.90 Å². The van der Waals surface area contributed by atoms with Crippen molar-refractivity contribution in [3.63, 3.8) is 0 Å². The number of amides is 1. The standard InChI is InChI=1S/C11H9NO3S2/c13-9-8(7-2-1-4-16-7)10-12(9)6(11(14)15)3-5-17-10/h1-4,8,10H,5H2,(H,14,15)/t8?,10-/m0/s1. The second-order valence-corrected chi connectivity index (χ2v) is 5.95. The summed E-state index contributed by atoms with van der Waals surface area (Å²) in [5, 5.41) is 10.9. The number of hydrogen-bond acceptors (Lipinski definition) is 4. The molecule has 4 nitrogen and oxygen atoms in total. The molecule has 0 spiro atoms. The van der Waals surface area contributed by atoms with Gasteiger partial charge in [0.2, 0.25) is 5.91 Å². The molecule has 1 saturated heterocycles. The Balaban J connectivity index is 1.91. The first-order valence-corrected chi connectivity index (χ1v) is 7.04. The third-order valence-corrected chi connectivity index (χ3v) is 5.05. The lowest BCUT2D eigenvalue weighted by Gasteiger charge is -2.48. The van der Waals surface area contributed by atoms with Gasteiger partial charge in [0.1, 0.15) is 11.6 Å². The normalized spacial score (nSPS) is 27.2. The molecule has 2 aliphatic heterocycles. The Hall–Kier alpha value is -1.27. The summed E-state index contributed by atoms with van der Waals surface area (Å²) in [6.07, 6.45) is 1.60. The van der Waals surface area contributed by atoms with Crippen molar-refractivity contribution in [3.05, 3.63) is 34.2 Å². The first-order chi connectivity index (χ1) is 8.20. The van der Waals surface area contributed by atoms with Crippen LogP contribution in [0.25, 0.3) is 0 Å². The van der Waals surface area contributed by atoms with E-state index >= 15 is 0 Å². The molecule has 0 radical (unpaired) electrons. The van der Waals surface area contributed by atoms with Crippen LogP contribution in [-0.4, -0.2) is 33.0 Å². The van der Waals surface area contributed by atoms with Gasteiger partial charge in [-0.1, -0.05) is 6.07 Å². The minimum atomic E-state index is -1.02. The van der Waals surface area contributed by atoms with Crippen molar-refractivity contribution in [2.45, 2.75) is 11.3 Å². The molecular weight excluding hydrogens is 258 g/mol. The van der Waals surface area contributed by atoms with Gasteiger partial charge >= 0.3 is 5.97 Å². The van der Waals surface area contributed by atoms with Gasteiger partial charge in [-0.2, -0.15) is 0 Å². The van der Waals surface area contributed by atoms with Crippen LogP contribution in [-0.2, 0) is 9.59 Å². The average molecular weight is 267 g/mol. The second kappa shape index (κ2) is 3.89. The van der Waals surface area contributed by atoms with Gasteiger partial charge in [-0.3, -0.25) is 9.69 Å². The van der Waals surface area contributed by atoms with Crippen molar-refractivity contribution in [2.24, 2.45) is 0 Å². The fourth-order valence-electron chi connectivity index (χ4n) is 2.14. The molecule has 3 rings (SSSR count). The number of nitrogens with zero attached hydrogens (tertiary/aromatic N) is 1. The summed E-state index contributed by atoms with van der Waals surface area (Å²) < 4.78 is 0. The number of fused-ring (bicyclic) bond motifs is 1. The Morgan fingerprint density at radius 1 is 1.53 bits per heavy atom. The molecule has 6 heteroatoms. The maximum Gasteiger partial charge on any atom is 0.352 e. The van der Waals surface area contributed by atoms with Gasteiger partial charge in [0.25, 0.3) is 0 Å². The molecule has 0 aromatic carbocycles. The zero-order chi connectivity index (χ0) is 12.0. The van der Waals surface area contributed by atoms with E-state index in [1.807, 2.05) is 17.5 Å². The Morgan fingerprint density at radius 2 is 2.35 bits per heavy atom. The number of hydrogen-bond donors (Lipinski definition) is 1. The highest BCUT2D eigenvalue weighted by Crippen LogP contribution is 2.47. The lowest BCUT2D eigenvalue weighted by Crippen LogP contribution is -2.59. The van der Waals surface area contributed by atoms with Gasteiger partial charge in [-0.15, -0.1) is 23.1 Å². The largest absolute Gasteiger partial charge is 0.477 e. The van der Waals surface area contributed by atoms with Gasteiger partial charge in [-0.05, 0) is 17.5 Å². The summed E-state index contributed by atoms with van der Waals surface area (Å²) in [6.45, 7) is 0. The molecule has 1 aromatic rings. The molecule has 1 amide bonds. The first-order valence-electron chi connectivity index (χ1n) is 5.11. The SMILES string of the molecule is O=C(O)C1=CCS[C@H]2C(c3cccs3)C(=O)N12. The molecule has 3 heterocycles. The Labute approximate surface area is 106 Å². The smallest absolute Gasteiger partial charge is 0.352 e. The van der Waals surface area contributed by atoms with Crippen LogP contribution in [0, 0.1) is 0 Å². The van der Waals surface area contributed by atoms with Gasteiger partial charge in [0.15, 0.2) is 0 Å². The van der Waals surface area contributed by atoms with E-state index in [-0.39, 0.29) is 22.9 Å². The van der Waals surface area contributed by atoms with Crippen LogP contribution in [0.5, 0.6) is 0 Å². The second-order valence-electron chi connectivity index (χ2n) is 3.82. The van der Waals surface area contributed by atoms with Crippen molar-refractivity contribution < 1.29 is 14.7 Å². The van der Waals surface area contributed by atoms with E-state index in [1.54, 1.807) is 29.2 Å². The number of carbonyl (C=O) groups is 2. The molecule has 0 saturated carbocycles. The van der Waals surface area contributed by atoms with E-state index in [1.165, 1.54) is 4.90 Å². The lowest BCUT2D eigenvalue weighted by molar-refractivity contribution is -0.148. The predicted octanol–water partition coefficient (Wildman–Crippen LogP) is 1.72. The third kappa shape index (κ3) is 1.51. The number of thiophene rings is 1. The third-order valence-electron chi connectivity index (χ3n) is 2.92. The maximum absolute atomic E-state index is 12.0. The Bertz CT molecular complexity index is 509. The summed E-state index contributed by atoms with van der Waals surface area (Å²) in [5.74, 6) is -0.632. The highest BCUT2D eigenvalue weighted by atomic mass is 32.2. The van der Waals surface area contributed by atoms with E-state index < -0.39 is 5.97 Å². The van der Waals surface area contributed by atoms with Crippen LogP contribution in [0.4, 0.5) is 0 Å². The van der Waals surface area contributed by atoms with E-state index in [9.17, 15) is 9.59 Å². The molecule has 17 heavy (non-hydrogen) atoms. The van der Waals surface area contributed by atoms with Crippen LogP contribution >= 0.6 is 23.1 Å². The summed E-state index contributed by atoms with van der Waals surface area (Å²) in [5.41, 5.74) is 0.131. The minimum absolute atomic E-state index is 0.0442. The van der Waals surface area contributed by atoms with Gasteiger partial charge in [0, 0.05) is 10.6 Å². The summed E-state index contributed by atoms with van der Waals surface area (Å²) in [7, 11) is 0. The minimum Gasteiger partial charge on any atom is -0.477 e. The van der Waals surface area contributed by atoms with Gasteiger partial charge in [-0.25, -0.2) is 4.79 Å². The quantitative estimate of drug-likeness (QED) is 0.829. The molecule has 1 aromatic heterocycles. The molecule has 0 bridgehead atoms. The summed E-state index contributed by atoms with van der Waals surface area (Å²) in [6, 6.07) is 3.85. The zero-order valence-electron chi connectivity index (χ0n) is 8.70. The Kier molecular flexibility index (Phi) is 2.48. The number of carboxylic acids is 1. The number of β-lactam (4-membered cyclic amide) rings is 1. The number of carbonyl (C=O) groups excluding carboxylic acids is 1. The van der Waals surface area contributed by atoms with E-state index in [0.717, 1.165) is 4.88 Å². The highest BCUT2D eigenvalue weighted by Gasteiger charge is 2.52. The van der Waals surface area contributed by atoms with Crippen LogP contribution < -0.4 is 0 Å². The summed E-state index contributed by atoms with van der Waals surface area (Å²) >= 11 is 3.16. The number of aliphatic carboxylic acids is 1. The van der Waals surface area contributed by atoms with Crippen LogP contribution in [0.3, 0.4) is 0 Å². The molecule has 88 valence electrons. The Morgan fingerprint density at radius 3 is 3.00 bits per heavy atom. The molecule has 2 aliphatic rings. The lowest BCUT2D eigenvalue weighted by atomic mass is 9.95. The predicted molar refractivity (Wildman–Crippen MR) is 65.9 cm³/mol. The molecule has 1 unspecified atom stereocenters. The van der Waals surface area contributed by atoms with Crippen molar-refractivity contribution in [1.29, 1.82) is 0 Å². The van der Waals surface area contributed by atoms with Crippen molar-refractivity contribution >= 4 is 35.0 Å².